The van der Waals surface area contributed by atoms with Crippen molar-refractivity contribution in [2.75, 3.05) is 13.1 Å². The number of hydrogen-bond donors (Lipinski definition) is 0. The van der Waals surface area contributed by atoms with Crippen molar-refractivity contribution < 1.29 is 14.3 Å². The largest absolute Gasteiger partial charge is 0.474 e. The predicted molar refractivity (Wildman–Crippen MR) is 93.3 cm³/mol. The molecule has 0 atom stereocenters. The molecule has 1 saturated heterocycles. The Hall–Kier alpha value is -1.01. The van der Waals surface area contributed by atoms with Gasteiger partial charge in [-0.1, -0.05) is 27.5 Å². The van der Waals surface area contributed by atoms with Gasteiger partial charge in [0.05, 0.1) is 0 Å². The predicted octanol–water partition coefficient (Wildman–Crippen LogP) is 4.41. The molecule has 0 unspecified atom stereocenters. The number of hydrogen-bond acceptors (Lipinski definition) is 4. The number of nitrogens with zero attached hydrogens (tertiary/aromatic N) is 2. The summed E-state index contributed by atoms with van der Waals surface area (Å²) in [5, 5.41) is 1.07. The van der Waals surface area contributed by atoms with Crippen LogP contribution in [0.4, 0.5) is 4.79 Å². The van der Waals surface area contributed by atoms with Crippen LogP contribution in [0.15, 0.2) is 12.1 Å². The number of rotatable bonds is 3. The highest BCUT2D eigenvalue weighted by molar-refractivity contribution is 9.08. The molecule has 2 rings (SSSR count). The molecule has 1 amide bonds. The minimum Gasteiger partial charge on any atom is -0.474 e. The third-order valence-corrected chi connectivity index (χ3v) is 4.24. The van der Waals surface area contributed by atoms with Gasteiger partial charge in [0.25, 0.3) is 0 Å². The summed E-state index contributed by atoms with van der Waals surface area (Å²) in [4.78, 5) is 18.0. The SMILES string of the molecule is CC(C)(C)OC(=O)N1CCC(Oc2nc(Cl)ccc2CBr)CC1. The van der Waals surface area contributed by atoms with E-state index in [-0.39, 0.29) is 12.2 Å². The van der Waals surface area contributed by atoms with Crippen molar-refractivity contribution in [1.82, 2.24) is 9.88 Å². The molecule has 0 saturated carbocycles. The fraction of sp³-hybridized carbons (Fsp3) is 0.625. The molecule has 0 aromatic carbocycles. The Bertz CT molecular complexity index is 555. The van der Waals surface area contributed by atoms with E-state index in [0.717, 1.165) is 18.4 Å². The summed E-state index contributed by atoms with van der Waals surface area (Å²) in [6.07, 6.45) is 1.25. The Labute approximate surface area is 150 Å². The zero-order valence-electron chi connectivity index (χ0n) is 13.6. The second-order valence-corrected chi connectivity index (χ2v) is 7.46. The number of likely N-dealkylation sites (tertiary alicyclic amines) is 1. The minimum atomic E-state index is -0.472. The van der Waals surface area contributed by atoms with E-state index in [0.29, 0.717) is 29.5 Å². The van der Waals surface area contributed by atoms with Gasteiger partial charge in [0.1, 0.15) is 16.9 Å². The van der Waals surface area contributed by atoms with Crippen LogP contribution in [0, 0.1) is 0 Å². The van der Waals surface area contributed by atoms with Gasteiger partial charge >= 0.3 is 6.09 Å². The fourth-order valence-electron chi connectivity index (χ4n) is 2.29. The molecular weight excluding hydrogens is 384 g/mol. The molecule has 0 radical (unpaired) electrons. The third-order valence-electron chi connectivity index (χ3n) is 3.42. The maximum atomic E-state index is 12.1. The van der Waals surface area contributed by atoms with Crippen molar-refractivity contribution >= 4 is 33.6 Å². The van der Waals surface area contributed by atoms with Gasteiger partial charge in [0.2, 0.25) is 5.88 Å². The number of alkyl halides is 1. The van der Waals surface area contributed by atoms with E-state index in [2.05, 4.69) is 20.9 Å². The van der Waals surface area contributed by atoms with Crippen LogP contribution in [0.25, 0.3) is 0 Å². The fourth-order valence-corrected chi connectivity index (χ4v) is 2.86. The zero-order chi connectivity index (χ0) is 17.0. The molecular formula is C16H22BrClN2O3. The van der Waals surface area contributed by atoms with E-state index in [1.165, 1.54) is 0 Å². The quantitative estimate of drug-likeness (QED) is 0.552. The second-order valence-electron chi connectivity index (χ2n) is 6.52. The lowest BCUT2D eigenvalue weighted by Gasteiger charge is -2.33. The van der Waals surface area contributed by atoms with Crippen LogP contribution in [0.5, 0.6) is 5.88 Å². The van der Waals surface area contributed by atoms with Crippen molar-refractivity contribution in [3.63, 3.8) is 0 Å². The van der Waals surface area contributed by atoms with Gasteiger partial charge in [0, 0.05) is 36.8 Å². The average Bonchev–Trinajstić information content (AvgIpc) is 2.46. The molecule has 128 valence electrons. The highest BCUT2D eigenvalue weighted by Crippen LogP contribution is 2.25. The lowest BCUT2D eigenvalue weighted by molar-refractivity contribution is 0.0122. The number of piperidine rings is 1. The summed E-state index contributed by atoms with van der Waals surface area (Å²) in [5.74, 6) is 0.560. The summed E-state index contributed by atoms with van der Waals surface area (Å²) in [7, 11) is 0. The first-order chi connectivity index (χ1) is 10.8. The third kappa shape index (κ3) is 5.53. The maximum absolute atomic E-state index is 12.1. The lowest BCUT2D eigenvalue weighted by atomic mass is 10.1. The molecule has 5 nitrogen and oxygen atoms in total. The molecule has 0 spiro atoms. The molecule has 1 aliphatic heterocycles. The van der Waals surface area contributed by atoms with Crippen molar-refractivity contribution in [3.05, 3.63) is 22.8 Å². The molecule has 1 aromatic heterocycles. The minimum absolute atomic E-state index is 0.0254. The Balaban J connectivity index is 1.90. The molecule has 23 heavy (non-hydrogen) atoms. The molecule has 0 aliphatic carbocycles. The molecule has 1 aliphatic rings. The van der Waals surface area contributed by atoms with Crippen LogP contribution in [0.1, 0.15) is 39.2 Å². The summed E-state index contributed by atoms with van der Waals surface area (Å²) in [6.45, 7) is 6.84. The molecule has 1 fully saturated rings. The molecule has 0 bridgehead atoms. The summed E-state index contributed by atoms with van der Waals surface area (Å²) >= 11 is 9.36. The van der Waals surface area contributed by atoms with Crippen LogP contribution in [-0.4, -0.2) is 40.8 Å². The molecule has 2 heterocycles. The van der Waals surface area contributed by atoms with E-state index in [1.54, 1.807) is 11.0 Å². The van der Waals surface area contributed by atoms with Gasteiger partial charge < -0.3 is 14.4 Å². The monoisotopic (exact) mass is 404 g/mol. The number of halogens is 2. The Morgan fingerprint density at radius 3 is 2.61 bits per heavy atom. The maximum Gasteiger partial charge on any atom is 0.410 e. The van der Waals surface area contributed by atoms with Crippen LogP contribution < -0.4 is 4.74 Å². The standard InChI is InChI=1S/C16H22BrClN2O3/c1-16(2,3)23-15(21)20-8-6-12(7-9-20)22-14-11(10-17)4-5-13(18)19-14/h4-5,12H,6-10H2,1-3H3. The van der Waals surface area contributed by atoms with Gasteiger partial charge in [-0.3, -0.25) is 0 Å². The smallest absolute Gasteiger partial charge is 0.410 e. The molecule has 0 N–H and O–H groups in total. The van der Waals surface area contributed by atoms with Crippen LogP contribution >= 0.6 is 27.5 Å². The zero-order valence-corrected chi connectivity index (χ0v) is 16.0. The van der Waals surface area contributed by atoms with E-state index in [4.69, 9.17) is 21.1 Å². The Morgan fingerprint density at radius 2 is 2.04 bits per heavy atom. The topological polar surface area (TPSA) is 51.7 Å². The first kappa shape index (κ1) is 18.3. The summed E-state index contributed by atoms with van der Waals surface area (Å²) < 4.78 is 11.4. The highest BCUT2D eigenvalue weighted by atomic mass is 79.9. The summed E-state index contributed by atoms with van der Waals surface area (Å²) in [5.41, 5.74) is 0.490. The number of carbonyl (C=O) groups excluding carboxylic acids is 1. The average molecular weight is 406 g/mol. The number of ether oxygens (including phenoxy) is 2. The van der Waals surface area contributed by atoms with Crippen LogP contribution in [-0.2, 0) is 10.1 Å². The van der Waals surface area contributed by atoms with Crippen LogP contribution in [0.2, 0.25) is 5.15 Å². The van der Waals surface area contributed by atoms with E-state index < -0.39 is 5.60 Å². The number of carbonyl (C=O) groups is 1. The van der Waals surface area contributed by atoms with Crippen molar-refractivity contribution in [1.29, 1.82) is 0 Å². The van der Waals surface area contributed by atoms with Gasteiger partial charge in [-0.15, -0.1) is 0 Å². The van der Waals surface area contributed by atoms with Crippen molar-refractivity contribution in [3.8, 4) is 5.88 Å². The Kier molecular flexibility index (Phi) is 6.14. The van der Waals surface area contributed by atoms with Gasteiger partial charge in [-0.25, -0.2) is 9.78 Å². The van der Waals surface area contributed by atoms with Gasteiger partial charge in [0.15, 0.2) is 0 Å². The number of pyridine rings is 1. The van der Waals surface area contributed by atoms with E-state index in [9.17, 15) is 4.79 Å². The first-order valence-electron chi connectivity index (χ1n) is 7.64. The Morgan fingerprint density at radius 1 is 1.39 bits per heavy atom. The van der Waals surface area contributed by atoms with E-state index in [1.807, 2.05) is 26.8 Å². The number of amides is 1. The number of aromatic nitrogens is 1. The van der Waals surface area contributed by atoms with Gasteiger partial charge in [-0.2, -0.15) is 0 Å². The van der Waals surface area contributed by atoms with Crippen molar-refractivity contribution in [2.24, 2.45) is 0 Å². The van der Waals surface area contributed by atoms with Crippen molar-refractivity contribution in [2.45, 2.75) is 50.6 Å². The lowest BCUT2D eigenvalue weighted by Crippen LogP contribution is -2.44. The summed E-state index contributed by atoms with van der Waals surface area (Å²) in [6, 6.07) is 3.64. The molecule has 7 heteroatoms. The van der Waals surface area contributed by atoms with E-state index >= 15 is 0 Å². The first-order valence-corrected chi connectivity index (χ1v) is 9.14. The molecule has 1 aromatic rings. The normalized spacial score (nSPS) is 16.3. The van der Waals surface area contributed by atoms with Gasteiger partial charge in [-0.05, 0) is 32.9 Å². The van der Waals surface area contributed by atoms with Crippen LogP contribution in [0.3, 0.4) is 0 Å². The second kappa shape index (κ2) is 7.71. The highest BCUT2D eigenvalue weighted by Gasteiger charge is 2.28.